The predicted molar refractivity (Wildman–Crippen MR) is 69.5 cm³/mol. The van der Waals surface area contributed by atoms with E-state index >= 15 is 0 Å². The molecule has 0 aliphatic carbocycles. The van der Waals surface area contributed by atoms with Gasteiger partial charge in [0.15, 0.2) is 10.4 Å². The Morgan fingerprint density at radius 1 is 1.50 bits per heavy atom. The molecule has 0 bridgehead atoms. The molecule has 2 heterocycles. The minimum atomic E-state index is 0.398. The largest absolute Gasteiger partial charge is 0.329 e. The summed E-state index contributed by atoms with van der Waals surface area (Å²) in [6, 6.07) is 2.26. The van der Waals surface area contributed by atoms with Crippen LogP contribution in [0.2, 0.25) is 5.02 Å². The summed E-state index contributed by atoms with van der Waals surface area (Å²) in [5, 5.41) is 0.625. The number of aromatic nitrogens is 3. The highest BCUT2D eigenvalue weighted by molar-refractivity contribution is 7.71. The van der Waals surface area contributed by atoms with E-state index in [1.54, 1.807) is 6.20 Å². The van der Waals surface area contributed by atoms with Gasteiger partial charge in [0, 0.05) is 12.2 Å². The topological polar surface area (TPSA) is 33.6 Å². The standard InChI is InChI=1S/C11H14ClN3S/c1-3-8(4-2)15-10-9(14-11(15)16)5-7(12)6-13-10/h5-6,8H,3-4H2,1-2H3,(H,14,16). The molecule has 0 aromatic carbocycles. The summed E-state index contributed by atoms with van der Waals surface area (Å²) in [5.74, 6) is 0. The van der Waals surface area contributed by atoms with E-state index in [4.69, 9.17) is 23.8 Å². The van der Waals surface area contributed by atoms with Crippen LogP contribution in [0.5, 0.6) is 0 Å². The highest BCUT2D eigenvalue weighted by Crippen LogP contribution is 2.23. The van der Waals surface area contributed by atoms with Crippen molar-refractivity contribution in [3.05, 3.63) is 22.1 Å². The van der Waals surface area contributed by atoms with Gasteiger partial charge in [0.05, 0.1) is 10.5 Å². The molecule has 0 aliphatic heterocycles. The fourth-order valence-corrected chi connectivity index (χ4v) is 2.48. The zero-order valence-electron chi connectivity index (χ0n) is 9.33. The molecular formula is C11H14ClN3S. The number of nitrogens with zero attached hydrogens (tertiary/aromatic N) is 2. The molecule has 0 fully saturated rings. The van der Waals surface area contributed by atoms with E-state index in [-0.39, 0.29) is 0 Å². The van der Waals surface area contributed by atoms with Crippen LogP contribution in [0, 0.1) is 4.77 Å². The summed E-state index contributed by atoms with van der Waals surface area (Å²) in [6.07, 6.45) is 3.75. The van der Waals surface area contributed by atoms with E-state index in [0.29, 0.717) is 11.1 Å². The lowest BCUT2D eigenvalue weighted by molar-refractivity contribution is 0.476. The molecule has 2 aromatic heterocycles. The normalized spacial score (nSPS) is 11.5. The van der Waals surface area contributed by atoms with Crippen LogP contribution >= 0.6 is 23.8 Å². The van der Waals surface area contributed by atoms with E-state index in [9.17, 15) is 0 Å². The van der Waals surface area contributed by atoms with Crippen molar-refractivity contribution in [2.24, 2.45) is 0 Å². The van der Waals surface area contributed by atoms with Gasteiger partial charge in [-0.3, -0.25) is 4.57 Å². The van der Waals surface area contributed by atoms with Crippen molar-refractivity contribution < 1.29 is 0 Å². The second-order valence-corrected chi connectivity index (χ2v) is 4.62. The average Bonchev–Trinajstić information content (AvgIpc) is 2.57. The van der Waals surface area contributed by atoms with Crippen molar-refractivity contribution in [1.82, 2.24) is 14.5 Å². The summed E-state index contributed by atoms with van der Waals surface area (Å²) in [6.45, 7) is 4.31. The van der Waals surface area contributed by atoms with Gasteiger partial charge >= 0.3 is 0 Å². The van der Waals surface area contributed by atoms with Crippen LogP contribution in [-0.4, -0.2) is 14.5 Å². The number of H-pyrrole nitrogens is 1. The fourth-order valence-electron chi connectivity index (χ4n) is 1.98. The molecule has 0 saturated carbocycles. The van der Waals surface area contributed by atoms with E-state index in [0.717, 1.165) is 28.8 Å². The highest BCUT2D eigenvalue weighted by Gasteiger charge is 2.13. The van der Waals surface area contributed by atoms with Crippen LogP contribution < -0.4 is 0 Å². The number of fused-ring (bicyclic) bond motifs is 1. The quantitative estimate of drug-likeness (QED) is 0.838. The van der Waals surface area contributed by atoms with E-state index < -0.39 is 0 Å². The van der Waals surface area contributed by atoms with Crippen LogP contribution in [0.4, 0.5) is 0 Å². The van der Waals surface area contributed by atoms with Gasteiger partial charge in [-0.2, -0.15) is 0 Å². The summed E-state index contributed by atoms with van der Waals surface area (Å²) in [7, 11) is 0. The molecule has 0 unspecified atom stereocenters. The lowest BCUT2D eigenvalue weighted by atomic mass is 10.2. The van der Waals surface area contributed by atoms with Crippen molar-refractivity contribution >= 4 is 35.0 Å². The van der Waals surface area contributed by atoms with Crippen molar-refractivity contribution in [2.45, 2.75) is 32.7 Å². The number of halogens is 1. The number of nitrogens with one attached hydrogen (secondary N) is 1. The van der Waals surface area contributed by atoms with Gasteiger partial charge in [0.25, 0.3) is 0 Å². The highest BCUT2D eigenvalue weighted by atomic mass is 35.5. The monoisotopic (exact) mass is 255 g/mol. The minimum Gasteiger partial charge on any atom is -0.329 e. The number of aromatic amines is 1. The summed E-state index contributed by atoms with van der Waals surface area (Å²) in [4.78, 5) is 7.50. The van der Waals surface area contributed by atoms with Gasteiger partial charge in [-0.15, -0.1) is 0 Å². The molecule has 3 nitrogen and oxygen atoms in total. The summed E-state index contributed by atoms with van der Waals surface area (Å²) < 4.78 is 2.81. The minimum absolute atomic E-state index is 0.398. The predicted octanol–water partition coefficient (Wildman–Crippen LogP) is 4.11. The first-order chi connectivity index (χ1) is 7.67. The van der Waals surface area contributed by atoms with Crippen molar-refractivity contribution in [1.29, 1.82) is 0 Å². The molecule has 0 atom stereocenters. The zero-order valence-corrected chi connectivity index (χ0v) is 10.9. The lowest BCUT2D eigenvalue weighted by Gasteiger charge is -2.14. The second-order valence-electron chi connectivity index (χ2n) is 3.80. The number of imidazole rings is 1. The lowest BCUT2D eigenvalue weighted by Crippen LogP contribution is -2.07. The Labute approximate surface area is 104 Å². The smallest absolute Gasteiger partial charge is 0.179 e. The van der Waals surface area contributed by atoms with Crippen molar-refractivity contribution in [2.75, 3.05) is 0 Å². The van der Waals surface area contributed by atoms with Crippen molar-refractivity contribution in [3.63, 3.8) is 0 Å². The van der Waals surface area contributed by atoms with Crippen LogP contribution in [0.25, 0.3) is 11.2 Å². The third-order valence-corrected chi connectivity index (χ3v) is 3.33. The molecular weight excluding hydrogens is 242 g/mol. The average molecular weight is 256 g/mol. The molecule has 0 spiro atoms. The third kappa shape index (κ3) is 1.87. The molecule has 0 aliphatic rings. The molecule has 2 rings (SSSR count). The van der Waals surface area contributed by atoms with Crippen LogP contribution in [0.1, 0.15) is 32.7 Å². The molecule has 16 heavy (non-hydrogen) atoms. The molecule has 0 radical (unpaired) electrons. The van der Waals surface area contributed by atoms with Crippen LogP contribution in [0.3, 0.4) is 0 Å². The van der Waals surface area contributed by atoms with E-state index in [1.807, 2.05) is 6.07 Å². The number of hydrogen-bond acceptors (Lipinski definition) is 2. The maximum absolute atomic E-state index is 5.90. The summed E-state index contributed by atoms with van der Waals surface area (Å²) >= 11 is 11.2. The van der Waals surface area contributed by atoms with Gasteiger partial charge in [-0.1, -0.05) is 25.4 Å². The number of pyridine rings is 1. The Bertz CT molecular complexity index is 554. The maximum Gasteiger partial charge on any atom is 0.179 e. The van der Waals surface area contributed by atoms with Gasteiger partial charge in [-0.25, -0.2) is 4.98 Å². The Balaban J connectivity index is 2.69. The molecule has 86 valence electrons. The van der Waals surface area contributed by atoms with E-state index in [1.165, 1.54) is 0 Å². The number of rotatable bonds is 3. The zero-order chi connectivity index (χ0) is 11.7. The molecule has 0 amide bonds. The van der Waals surface area contributed by atoms with E-state index in [2.05, 4.69) is 28.4 Å². The Kier molecular flexibility index (Phi) is 3.30. The van der Waals surface area contributed by atoms with Crippen LogP contribution in [-0.2, 0) is 0 Å². The molecule has 5 heteroatoms. The SMILES string of the molecule is CCC(CC)n1c(=S)[nH]c2cc(Cl)cnc21. The molecule has 0 saturated heterocycles. The Morgan fingerprint density at radius 3 is 2.81 bits per heavy atom. The first-order valence-corrected chi connectivity index (χ1v) is 6.21. The maximum atomic E-state index is 5.90. The van der Waals surface area contributed by atoms with Gasteiger partial charge in [0.1, 0.15) is 0 Å². The van der Waals surface area contributed by atoms with Gasteiger partial charge in [0.2, 0.25) is 0 Å². The first kappa shape index (κ1) is 11.6. The Morgan fingerprint density at radius 2 is 2.19 bits per heavy atom. The van der Waals surface area contributed by atoms with Gasteiger partial charge < -0.3 is 4.98 Å². The van der Waals surface area contributed by atoms with Crippen LogP contribution in [0.15, 0.2) is 12.3 Å². The molecule has 2 aromatic rings. The second kappa shape index (κ2) is 4.55. The fraction of sp³-hybridized carbons (Fsp3) is 0.455. The van der Waals surface area contributed by atoms with Gasteiger partial charge in [-0.05, 0) is 31.1 Å². The Hall–Kier alpha value is -0.870. The third-order valence-electron chi connectivity index (χ3n) is 2.83. The molecule has 1 N–H and O–H groups in total. The number of hydrogen-bond donors (Lipinski definition) is 1. The summed E-state index contributed by atoms with van der Waals surface area (Å²) in [5.41, 5.74) is 1.80. The van der Waals surface area contributed by atoms with Crippen molar-refractivity contribution in [3.8, 4) is 0 Å². The first-order valence-electron chi connectivity index (χ1n) is 5.43.